The van der Waals surface area contributed by atoms with Crippen molar-refractivity contribution in [1.82, 2.24) is 9.96 Å². The number of carbonyl (C=O) groups excluding carboxylic acids is 1. The Morgan fingerprint density at radius 3 is 2.54 bits per heavy atom. The summed E-state index contributed by atoms with van der Waals surface area (Å²) in [6.07, 6.45) is -0.332. The molecule has 1 fully saturated rings. The fraction of sp³-hybridized carbons (Fsp3) is 0.421. The molecule has 24 heavy (non-hydrogen) atoms. The van der Waals surface area contributed by atoms with E-state index in [1.807, 2.05) is 45.0 Å². The van der Waals surface area contributed by atoms with Crippen LogP contribution in [0.25, 0.3) is 10.8 Å². The molecule has 0 aliphatic carbocycles. The number of hydrogen-bond acceptors (Lipinski definition) is 4. The number of amides is 1. The fourth-order valence-electron chi connectivity index (χ4n) is 2.96. The van der Waals surface area contributed by atoms with Gasteiger partial charge in [0, 0.05) is 19.6 Å². The van der Waals surface area contributed by atoms with Gasteiger partial charge >= 0.3 is 6.09 Å². The summed E-state index contributed by atoms with van der Waals surface area (Å²) >= 11 is 0. The van der Waals surface area contributed by atoms with E-state index in [1.165, 1.54) is 5.06 Å². The van der Waals surface area contributed by atoms with Gasteiger partial charge in [-0.05, 0) is 43.2 Å². The van der Waals surface area contributed by atoms with Crippen LogP contribution in [0.1, 0.15) is 32.4 Å². The Morgan fingerprint density at radius 1 is 1.12 bits per heavy atom. The van der Waals surface area contributed by atoms with E-state index in [0.717, 1.165) is 16.3 Å². The summed E-state index contributed by atoms with van der Waals surface area (Å²) in [7, 11) is 0. The highest BCUT2D eigenvalue weighted by Crippen LogP contribution is 2.27. The minimum atomic E-state index is -0.522. The van der Waals surface area contributed by atoms with E-state index in [1.54, 1.807) is 4.90 Å². The fourth-order valence-corrected chi connectivity index (χ4v) is 2.96. The summed E-state index contributed by atoms with van der Waals surface area (Å²) in [5.41, 5.74) is 0.468. The number of piperazine rings is 1. The molecule has 0 aromatic heterocycles. The maximum absolute atomic E-state index is 12.3. The summed E-state index contributed by atoms with van der Waals surface area (Å²) < 4.78 is 5.45. The Morgan fingerprint density at radius 2 is 1.83 bits per heavy atom. The molecule has 0 radical (unpaired) electrons. The Balaban J connectivity index is 1.81. The van der Waals surface area contributed by atoms with Crippen molar-refractivity contribution in [1.29, 1.82) is 0 Å². The molecule has 5 nitrogen and oxygen atoms in total. The van der Waals surface area contributed by atoms with Crippen LogP contribution >= 0.6 is 0 Å². The zero-order valence-corrected chi connectivity index (χ0v) is 14.4. The van der Waals surface area contributed by atoms with Gasteiger partial charge in [0.1, 0.15) is 5.60 Å². The molecule has 1 atom stereocenters. The lowest BCUT2D eigenvalue weighted by molar-refractivity contribution is -0.155. The molecule has 1 unspecified atom stereocenters. The third-order valence-corrected chi connectivity index (χ3v) is 4.16. The lowest BCUT2D eigenvalue weighted by atomic mass is 10.00. The number of fused-ring (bicyclic) bond motifs is 1. The molecule has 1 aliphatic rings. The molecular weight excluding hydrogens is 304 g/mol. The monoisotopic (exact) mass is 328 g/mol. The Bertz CT molecular complexity index is 739. The van der Waals surface area contributed by atoms with Crippen LogP contribution in [0.2, 0.25) is 0 Å². The molecule has 0 spiro atoms. The van der Waals surface area contributed by atoms with E-state index >= 15 is 0 Å². The van der Waals surface area contributed by atoms with Gasteiger partial charge in [-0.25, -0.2) is 4.79 Å². The van der Waals surface area contributed by atoms with Gasteiger partial charge in [-0.15, -0.1) is 0 Å². The zero-order chi connectivity index (χ0) is 17.3. The number of hydroxylamine groups is 2. The van der Waals surface area contributed by atoms with Gasteiger partial charge in [0.05, 0.1) is 6.04 Å². The first-order valence-electron chi connectivity index (χ1n) is 8.26. The molecule has 1 heterocycles. The van der Waals surface area contributed by atoms with E-state index in [2.05, 4.69) is 18.2 Å². The van der Waals surface area contributed by atoms with Crippen molar-refractivity contribution in [3.8, 4) is 0 Å². The molecule has 128 valence electrons. The number of nitrogens with zero attached hydrogens (tertiary/aromatic N) is 2. The topological polar surface area (TPSA) is 53.0 Å². The normalized spacial score (nSPS) is 19.5. The first kappa shape index (κ1) is 16.7. The number of carbonyl (C=O) groups is 1. The largest absolute Gasteiger partial charge is 0.444 e. The first-order chi connectivity index (χ1) is 11.3. The first-order valence-corrected chi connectivity index (χ1v) is 8.26. The van der Waals surface area contributed by atoms with Crippen molar-refractivity contribution >= 4 is 16.9 Å². The number of ether oxygens (including phenoxy) is 1. The van der Waals surface area contributed by atoms with Crippen LogP contribution in [0.4, 0.5) is 4.79 Å². The standard InChI is InChI=1S/C19H24N2O3/c1-19(2,3)24-18(22)20-10-11-21(23)17(13-20)16-9-8-14-6-4-5-7-15(14)12-16/h4-9,12,17,23H,10-11,13H2,1-3H3. The van der Waals surface area contributed by atoms with Crippen molar-refractivity contribution in [2.75, 3.05) is 19.6 Å². The van der Waals surface area contributed by atoms with Crippen molar-refractivity contribution in [3.05, 3.63) is 48.0 Å². The summed E-state index contributed by atoms with van der Waals surface area (Å²) in [6.45, 7) is 6.83. The van der Waals surface area contributed by atoms with E-state index in [4.69, 9.17) is 4.74 Å². The van der Waals surface area contributed by atoms with E-state index in [9.17, 15) is 10.0 Å². The Hall–Kier alpha value is -2.11. The van der Waals surface area contributed by atoms with Gasteiger partial charge in [-0.2, -0.15) is 5.06 Å². The van der Waals surface area contributed by atoms with Crippen LogP contribution in [0.3, 0.4) is 0 Å². The van der Waals surface area contributed by atoms with E-state index in [0.29, 0.717) is 19.6 Å². The lowest BCUT2D eigenvalue weighted by Gasteiger charge is -2.38. The summed E-state index contributed by atoms with van der Waals surface area (Å²) in [4.78, 5) is 14.0. The molecule has 5 heteroatoms. The molecule has 0 saturated carbocycles. The van der Waals surface area contributed by atoms with Gasteiger partial charge in [-0.3, -0.25) is 0 Å². The predicted molar refractivity (Wildman–Crippen MR) is 93.0 cm³/mol. The lowest BCUT2D eigenvalue weighted by Crippen LogP contribution is -2.50. The van der Waals surface area contributed by atoms with Crippen LogP contribution in [0.5, 0.6) is 0 Å². The quantitative estimate of drug-likeness (QED) is 0.864. The second kappa shape index (κ2) is 6.42. The van der Waals surface area contributed by atoms with Crippen molar-refractivity contribution < 1.29 is 14.7 Å². The molecule has 1 N–H and O–H groups in total. The highest BCUT2D eigenvalue weighted by atomic mass is 16.6. The number of hydrogen-bond donors (Lipinski definition) is 1. The highest BCUT2D eigenvalue weighted by Gasteiger charge is 2.32. The summed E-state index contributed by atoms with van der Waals surface area (Å²) in [6, 6.07) is 14.0. The van der Waals surface area contributed by atoms with Crippen LogP contribution in [-0.2, 0) is 4.74 Å². The average Bonchev–Trinajstić information content (AvgIpc) is 2.53. The SMILES string of the molecule is CC(C)(C)OC(=O)N1CCN(O)C(c2ccc3ccccc3c2)C1. The molecule has 2 aromatic rings. The smallest absolute Gasteiger partial charge is 0.410 e. The molecular formula is C19H24N2O3. The molecule has 0 bridgehead atoms. The Kier molecular flexibility index (Phi) is 4.47. The van der Waals surface area contributed by atoms with Crippen LogP contribution < -0.4 is 0 Å². The third kappa shape index (κ3) is 3.68. The van der Waals surface area contributed by atoms with Crippen molar-refractivity contribution in [2.24, 2.45) is 0 Å². The van der Waals surface area contributed by atoms with Gasteiger partial charge < -0.3 is 14.8 Å². The van der Waals surface area contributed by atoms with E-state index < -0.39 is 5.60 Å². The molecule has 1 amide bonds. The number of benzene rings is 2. The van der Waals surface area contributed by atoms with Crippen LogP contribution in [0.15, 0.2) is 42.5 Å². The van der Waals surface area contributed by atoms with Crippen molar-refractivity contribution in [3.63, 3.8) is 0 Å². The maximum atomic E-state index is 12.3. The maximum Gasteiger partial charge on any atom is 0.410 e. The zero-order valence-electron chi connectivity index (χ0n) is 14.4. The van der Waals surface area contributed by atoms with Gasteiger partial charge in [-0.1, -0.05) is 36.4 Å². The van der Waals surface area contributed by atoms with Crippen molar-refractivity contribution in [2.45, 2.75) is 32.4 Å². The van der Waals surface area contributed by atoms with Crippen LogP contribution in [-0.4, -0.2) is 46.5 Å². The molecule has 1 saturated heterocycles. The molecule has 3 rings (SSSR count). The summed E-state index contributed by atoms with van der Waals surface area (Å²) in [5, 5.41) is 13.9. The van der Waals surface area contributed by atoms with Gasteiger partial charge in [0.2, 0.25) is 0 Å². The Labute approximate surface area is 142 Å². The summed E-state index contributed by atoms with van der Waals surface area (Å²) in [5.74, 6) is 0. The molecule has 2 aromatic carbocycles. The average molecular weight is 328 g/mol. The van der Waals surface area contributed by atoms with Crippen LogP contribution in [0, 0.1) is 0 Å². The van der Waals surface area contributed by atoms with Gasteiger partial charge in [0.25, 0.3) is 0 Å². The number of rotatable bonds is 1. The second-order valence-electron chi connectivity index (χ2n) is 7.21. The minimum absolute atomic E-state index is 0.254. The highest BCUT2D eigenvalue weighted by molar-refractivity contribution is 5.83. The van der Waals surface area contributed by atoms with Gasteiger partial charge in [0.15, 0.2) is 0 Å². The molecule has 1 aliphatic heterocycles. The third-order valence-electron chi connectivity index (χ3n) is 4.16. The van der Waals surface area contributed by atoms with E-state index in [-0.39, 0.29) is 12.1 Å². The predicted octanol–water partition coefficient (Wildman–Crippen LogP) is 3.82. The second-order valence-corrected chi connectivity index (χ2v) is 7.21. The minimum Gasteiger partial charge on any atom is -0.444 e.